The van der Waals surface area contributed by atoms with Crippen LogP contribution in [-0.4, -0.2) is 16.1 Å². The van der Waals surface area contributed by atoms with Gasteiger partial charge in [-0.15, -0.1) is 11.3 Å². The third kappa shape index (κ3) is 3.92. The lowest BCUT2D eigenvalue weighted by atomic mass is 10.1. The Morgan fingerprint density at radius 3 is 2.52 bits per heavy atom. The minimum Gasteiger partial charge on any atom is -0.349 e. The number of hydrogen-bond acceptors (Lipinski definition) is 4. The molecule has 1 amide bonds. The Morgan fingerprint density at radius 2 is 1.78 bits per heavy atom. The Balaban J connectivity index is 1.63. The van der Waals surface area contributed by atoms with Crippen molar-refractivity contribution in [2.75, 3.05) is 0 Å². The summed E-state index contributed by atoms with van der Waals surface area (Å²) in [7, 11) is 0. The van der Waals surface area contributed by atoms with Gasteiger partial charge in [0.1, 0.15) is 0 Å². The summed E-state index contributed by atoms with van der Waals surface area (Å²) in [6, 6.07) is 18.0. The van der Waals surface area contributed by atoms with Crippen molar-refractivity contribution in [3.63, 3.8) is 0 Å². The number of rotatable bonds is 5. The van der Waals surface area contributed by atoms with Crippen LogP contribution >= 0.6 is 23.1 Å². The van der Waals surface area contributed by atoms with Crippen LogP contribution in [0.15, 0.2) is 58.9 Å². The molecule has 0 spiro atoms. The standard InChI is InChI=1S/C18H18N2OS2/c1-12(14-8-4-3-5-9-14)19-17(21)13(2)22-18-20-15-10-6-7-11-16(15)23-18/h3-13H,1-2H3,(H,19,21). The molecule has 3 aromatic rings. The van der Waals surface area contributed by atoms with Crippen LogP contribution in [0.5, 0.6) is 0 Å². The fraction of sp³-hybridized carbons (Fsp3) is 0.222. The van der Waals surface area contributed by atoms with Crippen molar-refractivity contribution in [1.82, 2.24) is 10.3 Å². The summed E-state index contributed by atoms with van der Waals surface area (Å²) in [5.41, 5.74) is 2.10. The highest BCUT2D eigenvalue weighted by atomic mass is 32.2. The van der Waals surface area contributed by atoms with E-state index >= 15 is 0 Å². The second-order valence-corrected chi connectivity index (χ2v) is 7.97. The molecule has 0 bridgehead atoms. The summed E-state index contributed by atoms with van der Waals surface area (Å²) in [4.78, 5) is 17.0. The third-order valence-corrected chi connectivity index (χ3v) is 5.81. The quantitative estimate of drug-likeness (QED) is 0.686. The molecule has 3 rings (SSSR count). The zero-order chi connectivity index (χ0) is 16.2. The molecule has 1 aromatic heterocycles. The van der Waals surface area contributed by atoms with Crippen LogP contribution < -0.4 is 5.32 Å². The Morgan fingerprint density at radius 1 is 1.09 bits per heavy atom. The van der Waals surface area contributed by atoms with Gasteiger partial charge in [-0.1, -0.05) is 54.2 Å². The number of aromatic nitrogens is 1. The van der Waals surface area contributed by atoms with E-state index in [1.807, 2.05) is 62.4 Å². The lowest BCUT2D eigenvalue weighted by molar-refractivity contribution is -0.120. The lowest BCUT2D eigenvalue weighted by Crippen LogP contribution is -2.33. The second kappa shape index (κ2) is 7.15. The number of fused-ring (bicyclic) bond motifs is 1. The number of carbonyl (C=O) groups is 1. The Hall–Kier alpha value is -1.85. The molecule has 0 saturated heterocycles. The average Bonchev–Trinajstić information content (AvgIpc) is 2.97. The smallest absolute Gasteiger partial charge is 0.233 e. The lowest BCUT2D eigenvalue weighted by Gasteiger charge is -2.17. The fourth-order valence-corrected chi connectivity index (χ4v) is 4.48. The van der Waals surface area contributed by atoms with Crippen molar-refractivity contribution in [3.05, 3.63) is 60.2 Å². The molecule has 118 valence electrons. The van der Waals surface area contributed by atoms with E-state index in [0.717, 1.165) is 20.1 Å². The van der Waals surface area contributed by atoms with Gasteiger partial charge in [0.15, 0.2) is 4.34 Å². The van der Waals surface area contributed by atoms with E-state index in [0.29, 0.717) is 0 Å². The SMILES string of the molecule is CC(Sc1nc2ccccc2s1)C(=O)NC(C)c1ccccc1. The number of amides is 1. The number of benzene rings is 2. The van der Waals surface area contributed by atoms with Crippen LogP contribution in [0.3, 0.4) is 0 Å². The summed E-state index contributed by atoms with van der Waals surface area (Å²) in [5.74, 6) is 0.0330. The van der Waals surface area contributed by atoms with Crippen LogP contribution in [0, 0.1) is 0 Å². The first kappa shape index (κ1) is 16.0. The average molecular weight is 342 g/mol. The van der Waals surface area contributed by atoms with Gasteiger partial charge in [-0.25, -0.2) is 4.98 Å². The number of nitrogens with one attached hydrogen (secondary N) is 1. The Bertz CT molecular complexity index is 768. The number of hydrogen-bond donors (Lipinski definition) is 1. The van der Waals surface area contributed by atoms with E-state index in [1.54, 1.807) is 11.3 Å². The molecule has 1 N–H and O–H groups in total. The molecule has 3 nitrogen and oxygen atoms in total. The number of carbonyl (C=O) groups excluding carboxylic acids is 1. The van der Waals surface area contributed by atoms with Gasteiger partial charge in [0.2, 0.25) is 5.91 Å². The zero-order valence-corrected chi connectivity index (χ0v) is 14.7. The number of thiazole rings is 1. The molecule has 0 saturated carbocycles. The van der Waals surface area contributed by atoms with Crippen LogP contribution in [0.1, 0.15) is 25.5 Å². The van der Waals surface area contributed by atoms with E-state index in [1.165, 1.54) is 11.8 Å². The highest BCUT2D eigenvalue weighted by molar-refractivity contribution is 8.02. The highest BCUT2D eigenvalue weighted by Crippen LogP contribution is 2.32. The van der Waals surface area contributed by atoms with E-state index in [4.69, 9.17) is 0 Å². The maximum absolute atomic E-state index is 12.4. The maximum Gasteiger partial charge on any atom is 0.233 e. The Labute approximate surface area is 144 Å². The Kier molecular flexibility index (Phi) is 4.98. The molecular weight excluding hydrogens is 324 g/mol. The van der Waals surface area contributed by atoms with Crippen molar-refractivity contribution >= 4 is 39.2 Å². The molecule has 0 fully saturated rings. The second-order valence-electron chi connectivity index (χ2n) is 5.35. The van der Waals surface area contributed by atoms with Crippen LogP contribution in [0.2, 0.25) is 0 Å². The normalized spacial score (nSPS) is 13.7. The number of thioether (sulfide) groups is 1. The van der Waals surface area contributed by atoms with Crippen molar-refractivity contribution < 1.29 is 4.79 Å². The van der Waals surface area contributed by atoms with Gasteiger partial charge in [-0.3, -0.25) is 4.79 Å². The first-order chi connectivity index (χ1) is 11.1. The van der Waals surface area contributed by atoms with Gasteiger partial charge in [-0.05, 0) is 31.5 Å². The molecule has 2 aromatic carbocycles. The summed E-state index contributed by atoms with van der Waals surface area (Å²) >= 11 is 3.14. The van der Waals surface area contributed by atoms with E-state index < -0.39 is 0 Å². The molecule has 1 heterocycles. The van der Waals surface area contributed by atoms with E-state index in [-0.39, 0.29) is 17.2 Å². The van der Waals surface area contributed by atoms with Crippen molar-refractivity contribution in [2.24, 2.45) is 0 Å². The predicted molar refractivity (Wildman–Crippen MR) is 97.9 cm³/mol. The van der Waals surface area contributed by atoms with Crippen LogP contribution in [-0.2, 0) is 4.79 Å². The van der Waals surface area contributed by atoms with Gasteiger partial charge < -0.3 is 5.32 Å². The molecule has 0 aliphatic carbocycles. The van der Waals surface area contributed by atoms with Gasteiger partial charge in [0.05, 0.1) is 21.5 Å². The van der Waals surface area contributed by atoms with Crippen molar-refractivity contribution in [3.8, 4) is 0 Å². The van der Waals surface area contributed by atoms with Crippen LogP contribution in [0.4, 0.5) is 0 Å². The van der Waals surface area contributed by atoms with Gasteiger partial charge in [0, 0.05) is 0 Å². The molecule has 0 aliphatic rings. The number of para-hydroxylation sites is 1. The maximum atomic E-state index is 12.4. The fourth-order valence-electron chi connectivity index (χ4n) is 2.26. The van der Waals surface area contributed by atoms with Gasteiger partial charge >= 0.3 is 0 Å². The highest BCUT2D eigenvalue weighted by Gasteiger charge is 2.19. The van der Waals surface area contributed by atoms with E-state index in [2.05, 4.69) is 16.4 Å². The minimum absolute atomic E-state index is 0.00196. The summed E-state index contributed by atoms with van der Waals surface area (Å²) < 4.78 is 2.08. The summed E-state index contributed by atoms with van der Waals surface area (Å²) in [5, 5.41) is 2.89. The van der Waals surface area contributed by atoms with Crippen LogP contribution in [0.25, 0.3) is 10.2 Å². The first-order valence-corrected chi connectivity index (χ1v) is 9.20. The minimum atomic E-state index is -0.179. The molecular formula is C18H18N2OS2. The zero-order valence-electron chi connectivity index (χ0n) is 13.0. The largest absolute Gasteiger partial charge is 0.349 e. The topological polar surface area (TPSA) is 42.0 Å². The predicted octanol–water partition coefficient (Wildman–Crippen LogP) is 4.65. The van der Waals surface area contributed by atoms with Crippen molar-refractivity contribution in [2.45, 2.75) is 29.5 Å². The first-order valence-electron chi connectivity index (χ1n) is 7.51. The van der Waals surface area contributed by atoms with Gasteiger partial charge in [-0.2, -0.15) is 0 Å². The number of nitrogens with zero attached hydrogens (tertiary/aromatic N) is 1. The van der Waals surface area contributed by atoms with Gasteiger partial charge in [0.25, 0.3) is 0 Å². The molecule has 0 radical (unpaired) electrons. The molecule has 0 aliphatic heterocycles. The molecule has 5 heteroatoms. The molecule has 23 heavy (non-hydrogen) atoms. The van der Waals surface area contributed by atoms with Crippen molar-refractivity contribution in [1.29, 1.82) is 0 Å². The molecule has 2 unspecified atom stereocenters. The summed E-state index contributed by atoms with van der Waals surface area (Å²) in [6.07, 6.45) is 0. The third-order valence-electron chi connectivity index (χ3n) is 3.58. The van der Waals surface area contributed by atoms with E-state index in [9.17, 15) is 4.79 Å². The summed E-state index contributed by atoms with van der Waals surface area (Å²) in [6.45, 7) is 3.92. The monoisotopic (exact) mass is 342 g/mol. The molecule has 2 atom stereocenters.